The quantitative estimate of drug-likeness (QED) is 0.755. The number of alkyl halides is 3. The molecule has 5 nitrogen and oxygen atoms in total. The zero-order valence-electron chi connectivity index (χ0n) is 9.59. The van der Waals surface area contributed by atoms with Crippen LogP contribution in [0.1, 0.15) is 0 Å². The third kappa shape index (κ3) is 8.90. The first kappa shape index (κ1) is 16.1. The lowest BCUT2D eigenvalue weighted by Crippen LogP contribution is -2.44. The molecule has 1 heterocycles. The molecule has 102 valence electrons. The van der Waals surface area contributed by atoms with Crippen molar-refractivity contribution in [3.8, 4) is 0 Å². The van der Waals surface area contributed by atoms with E-state index in [9.17, 15) is 13.2 Å². The summed E-state index contributed by atoms with van der Waals surface area (Å²) in [7, 11) is 1.75. The van der Waals surface area contributed by atoms with E-state index in [2.05, 4.69) is 10.2 Å². The van der Waals surface area contributed by atoms with Gasteiger partial charge in [0.15, 0.2) is 0 Å². The van der Waals surface area contributed by atoms with E-state index in [1.807, 2.05) is 0 Å². The Morgan fingerprint density at radius 3 is 2.24 bits per heavy atom. The zero-order valence-corrected chi connectivity index (χ0v) is 9.59. The van der Waals surface area contributed by atoms with Gasteiger partial charge in [0, 0.05) is 39.8 Å². The highest BCUT2D eigenvalue weighted by Gasteiger charge is 2.38. The molecule has 0 aliphatic carbocycles. The topological polar surface area (TPSA) is 61.8 Å². The highest BCUT2D eigenvalue weighted by molar-refractivity contribution is 5.73. The second kappa shape index (κ2) is 8.26. The second-order valence-electron chi connectivity index (χ2n) is 3.39. The predicted molar refractivity (Wildman–Crippen MR) is 54.9 cm³/mol. The number of halogens is 3. The molecular weight excluding hydrogens is 241 g/mol. The third-order valence-electron chi connectivity index (χ3n) is 2.06. The number of carboxylic acid groups (broad SMARTS) is 1. The fraction of sp³-hybridized carbons (Fsp3) is 0.889. The number of nitrogens with zero attached hydrogens (tertiary/aromatic N) is 1. The standard InChI is InChI=1S/C7H16N2O.C2HF3O2/c1-10-7-6-9-4-2-8-3-5-9;3-2(4,5)1(6)7/h8H,2-7H2,1H3;(H,6,7). The molecule has 0 amide bonds. The number of hydrogen-bond donors (Lipinski definition) is 2. The lowest BCUT2D eigenvalue weighted by atomic mass is 10.4. The van der Waals surface area contributed by atoms with Gasteiger partial charge in [-0.25, -0.2) is 4.79 Å². The van der Waals surface area contributed by atoms with E-state index in [1.165, 1.54) is 13.1 Å². The van der Waals surface area contributed by atoms with Crippen molar-refractivity contribution in [1.82, 2.24) is 10.2 Å². The minimum atomic E-state index is -5.08. The normalized spacial score (nSPS) is 17.2. The average Bonchev–Trinajstić information content (AvgIpc) is 2.27. The predicted octanol–water partition coefficient (Wildman–Crippen LogP) is 0.171. The summed E-state index contributed by atoms with van der Waals surface area (Å²) in [6, 6.07) is 0. The van der Waals surface area contributed by atoms with E-state index in [1.54, 1.807) is 7.11 Å². The maximum absolute atomic E-state index is 10.6. The second-order valence-corrected chi connectivity index (χ2v) is 3.39. The molecule has 0 radical (unpaired) electrons. The number of hydrogen-bond acceptors (Lipinski definition) is 4. The molecule has 0 saturated carbocycles. The van der Waals surface area contributed by atoms with Crippen LogP contribution in [-0.4, -0.2) is 68.6 Å². The van der Waals surface area contributed by atoms with Gasteiger partial charge in [-0.05, 0) is 0 Å². The fourth-order valence-corrected chi connectivity index (χ4v) is 1.16. The molecule has 0 aromatic carbocycles. The summed E-state index contributed by atoms with van der Waals surface area (Å²) in [6.45, 7) is 6.54. The Morgan fingerprint density at radius 1 is 1.41 bits per heavy atom. The van der Waals surface area contributed by atoms with Gasteiger partial charge in [-0.15, -0.1) is 0 Å². The first-order valence-corrected chi connectivity index (χ1v) is 5.10. The first-order chi connectivity index (χ1) is 7.88. The number of rotatable bonds is 3. The summed E-state index contributed by atoms with van der Waals surface area (Å²) in [5.41, 5.74) is 0. The summed E-state index contributed by atoms with van der Waals surface area (Å²) in [5.74, 6) is -2.76. The minimum absolute atomic E-state index is 0.861. The number of carbonyl (C=O) groups is 1. The maximum atomic E-state index is 10.6. The molecule has 1 aliphatic heterocycles. The smallest absolute Gasteiger partial charge is 0.475 e. The van der Waals surface area contributed by atoms with E-state index >= 15 is 0 Å². The van der Waals surface area contributed by atoms with Crippen molar-refractivity contribution in [1.29, 1.82) is 0 Å². The molecule has 1 aliphatic rings. The van der Waals surface area contributed by atoms with Crippen molar-refractivity contribution in [2.45, 2.75) is 6.18 Å². The molecule has 0 bridgehead atoms. The number of piperazine rings is 1. The SMILES string of the molecule is COCCN1CCNCC1.O=C(O)C(F)(F)F. The van der Waals surface area contributed by atoms with Crippen LogP contribution in [0.3, 0.4) is 0 Å². The van der Waals surface area contributed by atoms with E-state index in [4.69, 9.17) is 14.6 Å². The van der Waals surface area contributed by atoms with Gasteiger partial charge >= 0.3 is 12.1 Å². The van der Waals surface area contributed by atoms with Gasteiger partial charge in [0.05, 0.1) is 6.61 Å². The van der Waals surface area contributed by atoms with Gasteiger partial charge in [-0.1, -0.05) is 0 Å². The Balaban J connectivity index is 0.000000325. The zero-order chi connectivity index (χ0) is 13.3. The van der Waals surface area contributed by atoms with Crippen molar-refractivity contribution in [2.75, 3.05) is 46.4 Å². The first-order valence-electron chi connectivity index (χ1n) is 5.10. The molecule has 0 atom stereocenters. The van der Waals surface area contributed by atoms with Crippen LogP contribution in [0.15, 0.2) is 0 Å². The van der Waals surface area contributed by atoms with Crippen LogP contribution in [0.5, 0.6) is 0 Å². The van der Waals surface area contributed by atoms with Gasteiger partial charge < -0.3 is 15.2 Å². The molecule has 0 aromatic heterocycles. The van der Waals surface area contributed by atoms with Crippen molar-refractivity contribution < 1.29 is 27.8 Å². The van der Waals surface area contributed by atoms with Crippen LogP contribution in [0, 0.1) is 0 Å². The molecule has 2 N–H and O–H groups in total. The molecule has 1 fully saturated rings. The van der Waals surface area contributed by atoms with Crippen molar-refractivity contribution in [3.05, 3.63) is 0 Å². The molecule has 0 aromatic rings. The molecule has 8 heteroatoms. The van der Waals surface area contributed by atoms with Crippen LogP contribution in [0.25, 0.3) is 0 Å². The Kier molecular flexibility index (Phi) is 7.85. The number of ether oxygens (including phenoxy) is 1. The van der Waals surface area contributed by atoms with Crippen molar-refractivity contribution in [2.24, 2.45) is 0 Å². The molecule has 0 unspecified atom stereocenters. The fourth-order valence-electron chi connectivity index (χ4n) is 1.16. The van der Waals surface area contributed by atoms with Crippen LogP contribution >= 0.6 is 0 Å². The Bertz CT molecular complexity index is 218. The lowest BCUT2D eigenvalue weighted by molar-refractivity contribution is -0.192. The molecule has 17 heavy (non-hydrogen) atoms. The number of methoxy groups -OCH3 is 1. The van der Waals surface area contributed by atoms with Crippen LogP contribution in [0.2, 0.25) is 0 Å². The lowest BCUT2D eigenvalue weighted by Gasteiger charge is -2.26. The summed E-state index contributed by atoms with van der Waals surface area (Å²) in [6.07, 6.45) is -5.08. The number of nitrogens with one attached hydrogen (secondary N) is 1. The third-order valence-corrected chi connectivity index (χ3v) is 2.06. The van der Waals surface area contributed by atoms with Gasteiger partial charge in [-0.2, -0.15) is 13.2 Å². The maximum Gasteiger partial charge on any atom is 0.490 e. The van der Waals surface area contributed by atoms with E-state index < -0.39 is 12.1 Å². The van der Waals surface area contributed by atoms with Crippen LogP contribution in [-0.2, 0) is 9.53 Å². The highest BCUT2D eigenvalue weighted by Crippen LogP contribution is 2.13. The van der Waals surface area contributed by atoms with Crippen molar-refractivity contribution >= 4 is 5.97 Å². The summed E-state index contributed by atoms with van der Waals surface area (Å²) >= 11 is 0. The monoisotopic (exact) mass is 258 g/mol. The summed E-state index contributed by atoms with van der Waals surface area (Å²) in [5, 5.41) is 10.4. The van der Waals surface area contributed by atoms with Crippen molar-refractivity contribution in [3.63, 3.8) is 0 Å². The van der Waals surface area contributed by atoms with Crippen LogP contribution in [0.4, 0.5) is 13.2 Å². The van der Waals surface area contributed by atoms with E-state index in [-0.39, 0.29) is 0 Å². The number of carboxylic acids is 1. The largest absolute Gasteiger partial charge is 0.490 e. The van der Waals surface area contributed by atoms with E-state index in [0.29, 0.717) is 0 Å². The minimum Gasteiger partial charge on any atom is -0.475 e. The highest BCUT2D eigenvalue weighted by atomic mass is 19.4. The van der Waals surface area contributed by atoms with Crippen LogP contribution < -0.4 is 5.32 Å². The Labute approximate surface area is 97.5 Å². The molecule has 0 spiro atoms. The van der Waals surface area contributed by atoms with Gasteiger partial charge in [0.2, 0.25) is 0 Å². The molecular formula is C9H17F3N2O3. The number of aliphatic carboxylic acids is 1. The van der Waals surface area contributed by atoms with Gasteiger partial charge in [0.25, 0.3) is 0 Å². The Hall–Kier alpha value is -0.860. The average molecular weight is 258 g/mol. The molecule has 1 saturated heterocycles. The summed E-state index contributed by atoms with van der Waals surface area (Å²) in [4.78, 5) is 11.3. The van der Waals surface area contributed by atoms with Gasteiger partial charge in [0.1, 0.15) is 0 Å². The van der Waals surface area contributed by atoms with Gasteiger partial charge in [-0.3, -0.25) is 4.90 Å². The van der Waals surface area contributed by atoms with E-state index in [0.717, 1.165) is 26.2 Å². The molecule has 1 rings (SSSR count). The Morgan fingerprint density at radius 2 is 1.88 bits per heavy atom. The summed E-state index contributed by atoms with van der Waals surface area (Å²) < 4.78 is 36.7.